The summed E-state index contributed by atoms with van der Waals surface area (Å²) in [7, 11) is 1.90. The fourth-order valence-corrected chi connectivity index (χ4v) is 1.31. The first-order valence-corrected chi connectivity index (χ1v) is 4.27. The third kappa shape index (κ3) is 1.85. The van der Waals surface area contributed by atoms with Crippen LogP contribution in [0.2, 0.25) is 0 Å². The first-order valence-electron chi connectivity index (χ1n) is 4.27. The molecule has 1 aromatic rings. The van der Waals surface area contributed by atoms with Crippen molar-refractivity contribution in [2.45, 2.75) is 32.3 Å². The third-order valence-corrected chi connectivity index (χ3v) is 1.99. The maximum Gasteiger partial charge on any atom is 0.105 e. The number of hydrogen-bond acceptors (Lipinski definition) is 2. The maximum atomic E-state index is 9.92. The molecule has 0 saturated heterocycles. The van der Waals surface area contributed by atoms with Crippen LogP contribution in [0.1, 0.15) is 32.4 Å². The van der Waals surface area contributed by atoms with Gasteiger partial charge in [0.25, 0.3) is 0 Å². The Balaban J connectivity index is 2.81. The number of nitrogens with zero attached hydrogens (tertiary/aromatic N) is 2. The van der Waals surface area contributed by atoms with Gasteiger partial charge in [0.15, 0.2) is 0 Å². The average Bonchev–Trinajstić information content (AvgIpc) is 2.36. The van der Waals surface area contributed by atoms with Crippen molar-refractivity contribution in [1.29, 1.82) is 0 Å². The molecule has 0 aliphatic carbocycles. The van der Waals surface area contributed by atoms with Gasteiger partial charge in [0.2, 0.25) is 0 Å². The summed E-state index contributed by atoms with van der Waals surface area (Å²) in [6, 6.07) is 0. The Morgan fingerprint density at radius 2 is 2.33 bits per heavy atom. The van der Waals surface area contributed by atoms with E-state index in [9.17, 15) is 5.11 Å². The molecule has 68 valence electrons. The lowest BCUT2D eigenvalue weighted by atomic mass is 9.97. The van der Waals surface area contributed by atoms with Crippen LogP contribution in [0.25, 0.3) is 0 Å². The highest BCUT2D eigenvalue weighted by atomic mass is 16.3. The van der Waals surface area contributed by atoms with Gasteiger partial charge in [-0.1, -0.05) is 13.3 Å². The number of aromatic nitrogens is 2. The Morgan fingerprint density at radius 1 is 1.67 bits per heavy atom. The Labute approximate surface area is 73.1 Å². The van der Waals surface area contributed by atoms with E-state index in [1.54, 1.807) is 13.3 Å². The molecule has 0 aromatic carbocycles. The minimum Gasteiger partial charge on any atom is -0.384 e. The van der Waals surface area contributed by atoms with Crippen molar-refractivity contribution in [3.05, 3.63) is 18.2 Å². The van der Waals surface area contributed by atoms with Gasteiger partial charge in [0.1, 0.15) is 5.60 Å². The molecule has 0 radical (unpaired) electrons. The van der Waals surface area contributed by atoms with Gasteiger partial charge in [0.05, 0.1) is 12.0 Å². The Bertz CT molecular complexity index is 253. The summed E-state index contributed by atoms with van der Waals surface area (Å²) in [6.07, 6.45) is 5.28. The van der Waals surface area contributed by atoms with E-state index < -0.39 is 5.60 Å². The molecule has 0 aliphatic rings. The van der Waals surface area contributed by atoms with Crippen molar-refractivity contribution >= 4 is 0 Å². The minimum absolute atomic E-state index is 0.754. The molecular weight excluding hydrogens is 152 g/mol. The smallest absolute Gasteiger partial charge is 0.105 e. The fourth-order valence-electron chi connectivity index (χ4n) is 1.31. The van der Waals surface area contributed by atoms with Gasteiger partial charge < -0.3 is 9.67 Å². The predicted octanol–water partition coefficient (Wildman–Crippen LogP) is 1.43. The highest BCUT2D eigenvalue weighted by molar-refractivity contribution is 5.06. The van der Waals surface area contributed by atoms with Gasteiger partial charge in [-0.05, 0) is 13.3 Å². The standard InChI is InChI=1S/C9H16N2O/c1-4-5-9(2,12)8-6-11(3)7-10-8/h6-7,12H,4-5H2,1-3H3. The van der Waals surface area contributed by atoms with Crippen molar-refractivity contribution in [2.24, 2.45) is 7.05 Å². The van der Waals surface area contributed by atoms with Crippen LogP contribution in [0.5, 0.6) is 0 Å². The number of aliphatic hydroxyl groups is 1. The van der Waals surface area contributed by atoms with E-state index >= 15 is 0 Å². The molecule has 0 fully saturated rings. The van der Waals surface area contributed by atoms with E-state index in [1.807, 2.05) is 17.8 Å². The third-order valence-electron chi connectivity index (χ3n) is 1.99. The van der Waals surface area contributed by atoms with Gasteiger partial charge in [-0.15, -0.1) is 0 Å². The molecule has 1 atom stereocenters. The van der Waals surface area contributed by atoms with Crippen LogP contribution in [0.3, 0.4) is 0 Å². The SMILES string of the molecule is CCCC(C)(O)c1cn(C)cn1. The summed E-state index contributed by atoms with van der Waals surface area (Å²) in [5, 5.41) is 9.92. The Morgan fingerprint density at radius 3 is 2.75 bits per heavy atom. The van der Waals surface area contributed by atoms with Crippen molar-refractivity contribution in [3.8, 4) is 0 Å². The van der Waals surface area contributed by atoms with Gasteiger partial charge in [-0.3, -0.25) is 0 Å². The van der Waals surface area contributed by atoms with Crippen molar-refractivity contribution in [2.75, 3.05) is 0 Å². The topological polar surface area (TPSA) is 38.0 Å². The molecule has 0 spiro atoms. The van der Waals surface area contributed by atoms with E-state index in [2.05, 4.69) is 11.9 Å². The van der Waals surface area contributed by atoms with Crippen molar-refractivity contribution in [1.82, 2.24) is 9.55 Å². The molecule has 0 amide bonds. The molecule has 12 heavy (non-hydrogen) atoms. The summed E-state index contributed by atoms with van der Waals surface area (Å²) in [6.45, 7) is 3.86. The van der Waals surface area contributed by atoms with Crippen LogP contribution in [0.4, 0.5) is 0 Å². The first kappa shape index (κ1) is 9.26. The van der Waals surface area contributed by atoms with Gasteiger partial charge in [-0.2, -0.15) is 0 Å². The lowest BCUT2D eigenvalue weighted by Crippen LogP contribution is -2.21. The highest BCUT2D eigenvalue weighted by Crippen LogP contribution is 2.23. The molecule has 1 N–H and O–H groups in total. The van der Waals surface area contributed by atoms with Crippen LogP contribution in [-0.2, 0) is 12.6 Å². The van der Waals surface area contributed by atoms with Crippen LogP contribution in [0.15, 0.2) is 12.5 Å². The number of aryl methyl sites for hydroxylation is 1. The number of hydrogen-bond donors (Lipinski definition) is 1. The molecule has 0 aliphatic heterocycles. The normalized spacial score (nSPS) is 16.0. The van der Waals surface area contributed by atoms with Gasteiger partial charge in [-0.25, -0.2) is 4.98 Å². The number of rotatable bonds is 3. The van der Waals surface area contributed by atoms with Crippen LogP contribution >= 0.6 is 0 Å². The van der Waals surface area contributed by atoms with E-state index in [-0.39, 0.29) is 0 Å². The second-order valence-electron chi connectivity index (χ2n) is 3.45. The van der Waals surface area contributed by atoms with E-state index in [0.717, 1.165) is 18.5 Å². The van der Waals surface area contributed by atoms with E-state index in [1.165, 1.54) is 0 Å². The molecule has 1 heterocycles. The molecule has 1 unspecified atom stereocenters. The monoisotopic (exact) mass is 168 g/mol. The van der Waals surface area contributed by atoms with E-state index in [0.29, 0.717) is 0 Å². The zero-order valence-electron chi connectivity index (χ0n) is 7.91. The van der Waals surface area contributed by atoms with Crippen molar-refractivity contribution in [3.63, 3.8) is 0 Å². The second kappa shape index (κ2) is 3.27. The first-order chi connectivity index (χ1) is 5.56. The molecule has 3 heteroatoms. The van der Waals surface area contributed by atoms with Crippen LogP contribution in [0, 0.1) is 0 Å². The van der Waals surface area contributed by atoms with Crippen LogP contribution in [-0.4, -0.2) is 14.7 Å². The number of imidazole rings is 1. The highest BCUT2D eigenvalue weighted by Gasteiger charge is 2.23. The molecule has 0 saturated carbocycles. The summed E-state index contributed by atoms with van der Waals surface area (Å²) in [4.78, 5) is 4.12. The Hall–Kier alpha value is -0.830. The average molecular weight is 168 g/mol. The van der Waals surface area contributed by atoms with Gasteiger partial charge >= 0.3 is 0 Å². The zero-order valence-corrected chi connectivity index (χ0v) is 7.91. The molecule has 1 aromatic heterocycles. The molecule has 3 nitrogen and oxygen atoms in total. The summed E-state index contributed by atoms with van der Waals surface area (Å²) < 4.78 is 1.85. The van der Waals surface area contributed by atoms with Gasteiger partial charge in [0, 0.05) is 13.2 Å². The zero-order chi connectivity index (χ0) is 9.19. The maximum absolute atomic E-state index is 9.92. The second-order valence-corrected chi connectivity index (χ2v) is 3.45. The lowest BCUT2D eigenvalue weighted by Gasteiger charge is -2.19. The van der Waals surface area contributed by atoms with E-state index in [4.69, 9.17) is 0 Å². The quantitative estimate of drug-likeness (QED) is 0.741. The molecule has 1 rings (SSSR count). The largest absolute Gasteiger partial charge is 0.384 e. The predicted molar refractivity (Wildman–Crippen MR) is 47.7 cm³/mol. The lowest BCUT2D eigenvalue weighted by molar-refractivity contribution is 0.0428. The van der Waals surface area contributed by atoms with Crippen molar-refractivity contribution < 1.29 is 5.11 Å². The fraction of sp³-hybridized carbons (Fsp3) is 0.667. The minimum atomic E-state index is -0.768. The molecule has 0 bridgehead atoms. The summed E-state index contributed by atoms with van der Waals surface area (Å²) in [5.41, 5.74) is -0.0115. The summed E-state index contributed by atoms with van der Waals surface area (Å²) >= 11 is 0. The Kier molecular flexibility index (Phi) is 2.52. The molecular formula is C9H16N2O. The summed E-state index contributed by atoms with van der Waals surface area (Å²) in [5.74, 6) is 0. The van der Waals surface area contributed by atoms with Crippen LogP contribution < -0.4 is 0 Å².